The van der Waals surface area contributed by atoms with Crippen molar-refractivity contribution in [3.63, 3.8) is 0 Å². The fourth-order valence-electron chi connectivity index (χ4n) is 3.04. The number of carbonyl (C=O) groups is 1. The minimum Gasteiger partial charge on any atom is -0.493 e. The molecular formula is C22H18FN3O3S. The molecule has 2 heterocycles. The van der Waals surface area contributed by atoms with E-state index < -0.39 is 0 Å². The van der Waals surface area contributed by atoms with Gasteiger partial charge in [-0.3, -0.25) is 4.79 Å². The maximum atomic E-state index is 13.1. The minimum atomic E-state index is -0.374. The Hall–Kier alpha value is -3.65. The number of nitrogens with zero attached hydrogens (tertiary/aromatic N) is 1. The zero-order valence-electron chi connectivity index (χ0n) is 16.2. The molecule has 0 saturated carbocycles. The average molecular weight is 423 g/mol. The first-order valence-electron chi connectivity index (χ1n) is 8.98. The predicted octanol–water partition coefficient (Wildman–Crippen LogP) is 4.95. The van der Waals surface area contributed by atoms with Crippen LogP contribution in [0.5, 0.6) is 11.5 Å². The highest BCUT2D eigenvalue weighted by atomic mass is 32.1. The Morgan fingerprint density at radius 3 is 2.47 bits per heavy atom. The average Bonchev–Trinajstić information content (AvgIpc) is 3.10. The summed E-state index contributed by atoms with van der Waals surface area (Å²) in [5.74, 6) is 0.487. The summed E-state index contributed by atoms with van der Waals surface area (Å²) < 4.78 is 23.7. The number of fused-ring (bicyclic) bond motifs is 1. The Morgan fingerprint density at radius 2 is 1.77 bits per heavy atom. The quantitative estimate of drug-likeness (QED) is 0.474. The molecule has 8 heteroatoms. The first-order chi connectivity index (χ1) is 14.5. The van der Waals surface area contributed by atoms with Gasteiger partial charge in [0, 0.05) is 16.6 Å². The number of carbonyl (C=O) groups excluding carboxylic acids is 1. The molecule has 0 radical (unpaired) electrons. The van der Waals surface area contributed by atoms with Gasteiger partial charge in [0.15, 0.2) is 11.5 Å². The summed E-state index contributed by atoms with van der Waals surface area (Å²) in [5, 5.41) is 3.43. The predicted molar refractivity (Wildman–Crippen MR) is 117 cm³/mol. The van der Waals surface area contributed by atoms with E-state index >= 15 is 0 Å². The molecule has 1 amide bonds. The van der Waals surface area contributed by atoms with Gasteiger partial charge in [-0.1, -0.05) is 0 Å². The number of benzene rings is 2. The standard InChI is InChI=1S/C22H18FN3O3S/c1-28-17-10-3-12(11-18(17)29-2)16-9-8-15-19(24)20(30-22(15)26-16)21(27)25-14-6-4-13(23)5-7-14/h3-11H,24H2,1-2H3,(H,25,27). The number of hydrogen-bond acceptors (Lipinski definition) is 6. The SMILES string of the molecule is COc1ccc(-c2ccc3c(N)c(C(=O)Nc4ccc(F)cc4)sc3n2)cc1OC. The largest absolute Gasteiger partial charge is 0.493 e. The van der Waals surface area contributed by atoms with Crippen LogP contribution in [0.2, 0.25) is 0 Å². The van der Waals surface area contributed by atoms with Crippen LogP contribution in [-0.2, 0) is 0 Å². The summed E-state index contributed by atoms with van der Waals surface area (Å²) in [6.07, 6.45) is 0. The number of methoxy groups -OCH3 is 2. The van der Waals surface area contributed by atoms with E-state index in [1.807, 2.05) is 30.3 Å². The van der Waals surface area contributed by atoms with Crippen molar-refractivity contribution in [1.29, 1.82) is 0 Å². The molecule has 2 aromatic carbocycles. The van der Waals surface area contributed by atoms with Crippen LogP contribution in [0.15, 0.2) is 54.6 Å². The zero-order chi connectivity index (χ0) is 21.3. The van der Waals surface area contributed by atoms with Crippen LogP contribution in [0.25, 0.3) is 21.5 Å². The molecule has 0 aliphatic heterocycles. The summed E-state index contributed by atoms with van der Waals surface area (Å²) in [4.78, 5) is 18.3. The van der Waals surface area contributed by atoms with Crippen LogP contribution in [-0.4, -0.2) is 25.1 Å². The van der Waals surface area contributed by atoms with Gasteiger partial charge in [-0.05, 0) is 54.6 Å². The normalized spacial score (nSPS) is 10.8. The van der Waals surface area contributed by atoms with Crippen molar-refractivity contribution in [3.8, 4) is 22.8 Å². The van der Waals surface area contributed by atoms with E-state index in [2.05, 4.69) is 10.3 Å². The number of aromatic nitrogens is 1. The second-order valence-corrected chi connectivity index (χ2v) is 7.42. The number of halogens is 1. The topological polar surface area (TPSA) is 86.5 Å². The van der Waals surface area contributed by atoms with E-state index in [0.29, 0.717) is 38.0 Å². The van der Waals surface area contributed by atoms with Gasteiger partial charge in [-0.15, -0.1) is 11.3 Å². The van der Waals surface area contributed by atoms with Gasteiger partial charge >= 0.3 is 0 Å². The molecule has 0 spiro atoms. The minimum absolute atomic E-state index is 0.353. The van der Waals surface area contributed by atoms with Gasteiger partial charge in [0.05, 0.1) is 25.6 Å². The van der Waals surface area contributed by atoms with Gasteiger partial charge in [0.25, 0.3) is 5.91 Å². The van der Waals surface area contributed by atoms with Crippen molar-refractivity contribution in [2.75, 3.05) is 25.3 Å². The van der Waals surface area contributed by atoms with Crippen molar-refractivity contribution in [1.82, 2.24) is 4.98 Å². The molecular weight excluding hydrogens is 405 g/mol. The number of amides is 1. The highest BCUT2D eigenvalue weighted by Crippen LogP contribution is 2.36. The molecule has 0 unspecified atom stereocenters. The van der Waals surface area contributed by atoms with Crippen molar-refractivity contribution < 1.29 is 18.7 Å². The Labute approximate surface area is 176 Å². The molecule has 6 nitrogen and oxygen atoms in total. The molecule has 152 valence electrons. The molecule has 0 fully saturated rings. The summed E-state index contributed by atoms with van der Waals surface area (Å²) in [7, 11) is 3.15. The van der Waals surface area contributed by atoms with Gasteiger partial charge in [0.1, 0.15) is 15.5 Å². The number of nitrogen functional groups attached to an aromatic ring is 1. The van der Waals surface area contributed by atoms with E-state index in [1.54, 1.807) is 14.2 Å². The van der Waals surface area contributed by atoms with Crippen LogP contribution in [0.1, 0.15) is 9.67 Å². The number of nitrogens with one attached hydrogen (secondary N) is 1. The van der Waals surface area contributed by atoms with Crippen LogP contribution in [0.3, 0.4) is 0 Å². The number of anilines is 2. The summed E-state index contributed by atoms with van der Waals surface area (Å²) in [6.45, 7) is 0. The molecule has 0 bridgehead atoms. The van der Waals surface area contributed by atoms with Crippen LogP contribution < -0.4 is 20.5 Å². The Morgan fingerprint density at radius 1 is 1.03 bits per heavy atom. The molecule has 0 saturated heterocycles. The summed E-state index contributed by atoms with van der Waals surface area (Å²) >= 11 is 1.20. The van der Waals surface area contributed by atoms with Crippen molar-refractivity contribution >= 4 is 38.8 Å². The van der Waals surface area contributed by atoms with E-state index in [-0.39, 0.29) is 11.7 Å². The molecule has 4 rings (SSSR count). The van der Waals surface area contributed by atoms with E-state index in [9.17, 15) is 9.18 Å². The lowest BCUT2D eigenvalue weighted by Crippen LogP contribution is -2.11. The van der Waals surface area contributed by atoms with Crippen molar-refractivity contribution in [3.05, 3.63) is 65.3 Å². The fraction of sp³-hybridized carbons (Fsp3) is 0.0909. The van der Waals surface area contributed by atoms with Crippen molar-refractivity contribution in [2.24, 2.45) is 0 Å². The molecule has 30 heavy (non-hydrogen) atoms. The summed E-state index contributed by atoms with van der Waals surface area (Å²) in [6, 6.07) is 14.8. The molecule has 2 aromatic heterocycles. The second-order valence-electron chi connectivity index (χ2n) is 6.42. The monoisotopic (exact) mass is 423 g/mol. The lowest BCUT2D eigenvalue weighted by atomic mass is 10.1. The van der Waals surface area contributed by atoms with Gasteiger partial charge in [-0.2, -0.15) is 0 Å². The number of thiophene rings is 1. The number of hydrogen-bond donors (Lipinski definition) is 2. The number of rotatable bonds is 5. The molecule has 0 aliphatic rings. The van der Waals surface area contributed by atoms with Gasteiger partial charge in [-0.25, -0.2) is 9.37 Å². The molecule has 3 N–H and O–H groups in total. The molecule has 0 aliphatic carbocycles. The Balaban J connectivity index is 1.67. The third-order valence-electron chi connectivity index (χ3n) is 4.58. The second kappa shape index (κ2) is 8.00. The lowest BCUT2D eigenvalue weighted by Gasteiger charge is -2.09. The first-order valence-corrected chi connectivity index (χ1v) is 9.80. The lowest BCUT2D eigenvalue weighted by molar-refractivity contribution is 0.103. The first kappa shape index (κ1) is 19.7. The van der Waals surface area contributed by atoms with Crippen LogP contribution in [0.4, 0.5) is 15.8 Å². The fourth-order valence-corrected chi connectivity index (χ4v) is 4.03. The van der Waals surface area contributed by atoms with E-state index in [0.717, 1.165) is 11.3 Å². The zero-order valence-corrected chi connectivity index (χ0v) is 17.0. The Kier molecular flexibility index (Phi) is 5.24. The van der Waals surface area contributed by atoms with E-state index in [1.165, 1.54) is 35.6 Å². The van der Waals surface area contributed by atoms with Crippen LogP contribution >= 0.6 is 11.3 Å². The smallest absolute Gasteiger partial charge is 0.267 e. The maximum absolute atomic E-state index is 13.1. The maximum Gasteiger partial charge on any atom is 0.267 e. The van der Waals surface area contributed by atoms with Crippen LogP contribution in [0, 0.1) is 5.82 Å². The van der Waals surface area contributed by atoms with E-state index in [4.69, 9.17) is 15.2 Å². The number of ether oxygens (including phenoxy) is 2. The third-order valence-corrected chi connectivity index (χ3v) is 5.70. The van der Waals surface area contributed by atoms with Crippen molar-refractivity contribution in [2.45, 2.75) is 0 Å². The number of pyridine rings is 1. The highest BCUT2D eigenvalue weighted by molar-refractivity contribution is 7.21. The molecule has 4 aromatic rings. The number of nitrogens with two attached hydrogens (primary N) is 1. The highest BCUT2D eigenvalue weighted by Gasteiger charge is 2.18. The molecule has 0 atom stereocenters. The Bertz CT molecular complexity index is 1240. The summed E-state index contributed by atoms with van der Waals surface area (Å²) in [5.41, 5.74) is 8.61. The third kappa shape index (κ3) is 3.65. The van der Waals surface area contributed by atoms with Gasteiger partial charge in [0.2, 0.25) is 0 Å². The van der Waals surface area contributed by atoms with Gasteiger partial charge < -0.3 is 20.5 Å².